The minimum absolute atomic E-state index is 0.125. The average Bonchev–Trinajstić information content (AvgIpc) is 2.62. The van der Waals surface area contributed by atoms with Gasteiger partial charge in [0.25, 0.3) is 5.91 Å². The van der Waals surface area contributed by atoms with E-state index in [9.17, 15) is 14.0 Å². The van der Waals surface area contributed by atoms with Crippen LogP contribution in [-0.2, 0) is 9.53 Å². The number of halogens is 2. The third-order valence-corrected chi connectivity index (χ3v) is 3.45. The first-order valence-corrected chi connectivity index (χ1v) is 7.46. The first-order chi connectivity index (χ1) is 11.9. The number of benzene rings is 2. The summed E-state index contributed by atoms with van der Waals surface area (Å²) in [5, 5.41) is 2.32. The quantitative estimate of drug-likeness (QED) is 0.793. The summed E-state index contributed by atoms with van der Waals surface area (Å²) >= 11 is 5.63. The standard InChI is InChI=1S/C17H15ClFNO5/c1-23-11-4-6-15(24-2)12(8-11)17(22)25-9-16(21)20-10-3-5-14(19)13(18)7-10/h3-8H,9H2,1-2H3,(H,20,21). The molecule has 0 heterocycles. The summed E-state index contributed by atoms with van der Waals surface area (Å²) in [5.41, 5.74) is 0.408. The van der Waals surface area contributed by atoms with Crippen LogP contribution in [0.3, 0.4) is 0 Å². The van der Waals surface area contributed by atoms with Gasteiger partial charge in [0.1, 0.15) is 22.9 Å². The molecule has 0 saturated heterocycles. The van der Waals surface area contributed by atoms with E-state index in [0.717, 1.165) is 6.07 Å². The van der Waals surface area contributed by atoms with Crippen LogP contribution in [0.2, 0.25) is 5.02 Å². The summed E-state index contributed by atoms with van der Waals surface area (Å²) in [7, 11) is 2.86. The molecule has 0 fully saturated rings. The zero-order chi connectivity index (χ0) is 18.4. The third kappa shape index (κ3) is 4.84. The maximum absolute atomic E-state index is 13.1. The fourth-order valence-corrected chi connectivity index (χ4v) is 2.13. The van der Waals surface area contributed by atoms with Gasteiger partial charge in [0.2, 0.25) is 0 Å². The number of anilines is 1. The average molecular weight is 368 g/mol. The highest BCUT2D eigenvalue weighted by Gasteiger charge is 2.17. The molecule has 0 unspecified atom stereocenters. The van der Waals surface area contributed by atoms with Crippen molar-refractivity contribution in [3.8, 4) is 11.5 Å². The van der Waals surface area contributed by atoms with Gasteiger partial charge in [0.05, 0.1) is 19.2 Å². The van der Waals surface area contributed by atoms with Crippen LogP contribution < -0.4 is 14.8 Å². The molecule has 2 aromatic carbocycles. The lowest BCUT2D eigenvalue weighted by Crippen LogP contribution is -2.21. The van der Waals surface area contributed by atoms with Crippen molar-refractivity contribution in [2.45, 2.75) is 0 Å². The molecule has 0 aliphatic rings. The topological polar surface area (TPSA) is 73.9 Å². The van der Waals surface area contributed by atoms with Gasteiger partial charge in [-0.25, -0.2) is 9.18 Å². The molecule has 1 N–H and O–H groups in total. The van der Waals surface area contributed by atoms with Gasteiger partial charge in [-0.15, -0.1) is 0 Å². The van der Waals surface area contributed by atoms with Crippen molar-refractivity contribution in [2.75, 3.05) is 26.1 Å². The highest BCUT2D eigenvalue weighted by atomic mass is 35.5. The van der Waals surface area contributed by atoms with Gasteiger partial charge in [0, 0.05) is 5.69 Å². The molecule has 0 aromatic heterocycles. The van der Waals surface area contributed by atoms with Crippen molar-refractivity contribution in [3.63, 3.8) is 0 Å². The van der Waals surface area contributed by atoms with Gasteiger partial charge in [-0.1, -0.05) is 11.6 Å². The van der Waals surface area contributed by atoms with E-state index in [1.807, 2.05) is 0 Å². The Kier molecular flexibility index (Phi) is 6.19. The maximum atomic E-state index is 13.1. The van der Waals surface area contributed by atoms with E-state index in [1.54, 1.807) is 12.1 Å². The van der Waals surface area contributed by atoms with E-state index < -0.39 is 24.3 Å². The normalized spacial score (nSPS) is 10.1. The van der Waals surface area contributed by atoms with Crippen LogP contribution in [0.4, 0.5) is 10.1 Å². The lowest BCUT2D eigenvalue weighted by Gasteiger charge is -2.10. The second-order valence-corrected chi connectivity index (χ2v) is 5.23. The summed E-state index contributed by atoms with van der Waals surface area (Å²) in [5.74, 6) is -1.22. The van der Waals surface area contributed by atoms with E-state index in [2.05, 4.69) is 5.32 Å². The monoisotopic (exact) mass is 367 g/mol. The number of hydrogen-bond acceptors (Lipinski definition) is 5. The Labute approximate surface area is 148 Å². The fourth-order valence-electron chi connectivity index (χ4n) is 1.95. The Morgan fingerprint density at radius 1 is 1.12 bits per heavy atom. The lowest BCUT2D eigenvalue weighted by molar-refractivity contribution is -0.119. The molecule has 2 aromatic rings. The van der Waals surface area contributed by atoms with Crippen molar-refractivity contribution in [1.29, 1.82) is 0 Å². The SMILES string of the molecule is COc1ccc(OC)c(C(=O)OCC(=O)Nc2ccc(F)c(Cl)c2)c1. The number of methoxy groups -OCH3 is 2. The second kappa shape index (κ2) is 8.34. The summed E-state index contributed by atoms with van der Waals surface area (Å²) in [6, 6.07) is 8.33. The number of ether oxygens (including phenoxy) is 3. The van der Waals surface area contributed by atoms with Crippen LogP contribution in [0, 0.1) is 5.82 Å². The number of hydrogen-bond donors (Lipinski definition) is 1. The number of carbonyl (C=O) groups is 2. The molecule has 6 nitrogen and oxygen atoms in total. The van der Waals surface area contributed by atoms with Gasteiger partial charge >= 0.3 is 5.97 Å². The predicted molar refractivity (Wildman–Crippen MR) is 89.9 cm³/mol. The smallest absolute Gasteiger partial charge is 0.342 e. The molecule has 0 atom stereocenters. The minimum atomic E-state index is -0.747. The van der Waals surface area contributed by atoms with Gasteiger partial charge in [-0.05, 0) is 36.4 Å². The third-order valence-electron chi connectivity index (χ3n) is 3.16. The van der Waals surface area contributed by atoms with Gasteiger partial charge in [-0.3, -0.25) is 4.79 Å². The maximum Gasteiger partial charge on any atom is 0.342 e. The van der Waals surface area contributed by atoms with Crippen LogP contribution in [0.15, 0.2) is 36.4 Å². The fraction of sp³-hybridized carbons (Fsp3) is 0.176. The van der Waals surface area contributed by atoms with Crippen molar-refractivity contribution in [1.82, 2.24) is 0 Å². The molecule has 0 saturated carbocycles. The number of rotatable bonds is 6. The Hall–Kier alpha value is -2.80. The highest BCUT2D eigenvalue weighted by molar-refractivity contribution is 6.31. The van der Waals surface area contributed by atoms with E-state index in [0.29, 0.717) is 5.75 Å². The Bertz CT molecular complexity index is 797. The summed E-state index contributed by atoms with van der Waals surface area (Å²) < 4.78 is 28.2. The van der Waals surface area contributed by atoms with Crippen molar-refractivity contribution >= 4 is 29.2 Å². The number of nitrogens with one attached hydrogen (secondary N) is 1. The minimum Gasteiger partial charge on any atom is -0.497 e. The molecule has 132 valence electrons. The van der Waals surface area contributed by atoms with Crippen LogP contribution in [0.25, 0.3) is 0 Å². The summed E-state index contributed by atoms with van der Waals surface area (Å²) in [6.45, 7) is -0.534. The molecule has 0 radical (unpaired) electrons. The summed E-state index contributed by atoms with van der Waals surface area (Å²) in [4.78, 5) is 24.0. The Morgan fingerprint density at radius 3 is 2.52 bits per heavy atom. The van der Waals surface area contributed by atoms with Gasteiger partial charge < -0.3 is 19.5 Å². The molecule has 25 heavy (non-hydrogen) atoms. The number of amides is 1. The Morgan fingerprint density at radius 2 is 1.88 bits per heavy atom. The summed E-state index contributed by atoms with van der Waals surface area (Å²) in [6.07, 6.45) is 0. The molecule has 0 aliphatic carbocycles. The first-order valence-electron chi connectivity index (χ1n) is 7.08. The van der Waals surface area contributed by atoms with E-state index in [4.69, 9.17) is 25.8 Å². The van der Waals surface area contributed by atoms with Crippen LogP contribution >= 0.6 is 11.6 Å². The van der Waals surface area contributed by atoms with Gasteiger partial charge in [0.15, 0.2) is 6.61 Å². The molecule has 0 spiro atoms. The number of esters is 1. The Balaban J connectivity index is 1.99. The van der Waals surface area contributed by atoms with Crippen molar-refractivity contribution in [3.05, 3.63) is 52.8 Å². The predicted octanol–water partition coefficient (Wildman–Crippen LogP) is 3.29. The molecule has 1 amide bonds. The molecular formula is C17H15ClFNO5. The van der Waals surface area contributed by atoms with E-state index in [1.165, 1.54) is 32.4 Å². The van der Waals surface area contributed by atoms with Crippen LogP contribution in [0.1, 0.15) is 10.4 Å². The molecule has 0 aliphatic heterocycles. The highest BCUT2D eigenvalue weighted by Crippen LogP contribution is 2.24. The molecular weight excluding hydrogens is 353 g/mol. The zero-order valence-corrected chi connectivity index (χ0v) is 14.2. The van der Waals surface area contributed by atoms with Crippen molar-refractivity contribution < 1.29 is 28.2 Å². The second-order valence-electron chi connectivity index (χ2n) is 4.82. The van der Waals surface area contributed by atoms with Crippen LogP contribution in [-0.4, -0.2) is 32.7 Å². The molecule has 2 rings (SSSR count). The van der Waals surface area contributed by atoms with Gasteiger partial charge in [-0.2, -0.15) is 0 Å². The molecule has 8 heteroatoms. The van der Waals surface area contributed by atoms with E-state index in [-0.39, 0.29) is 22.0 Å². The van der Waals surface area contributed by atoms with Crippen molar-refractivity contribution in [2.24, 2.45) is 0 Å². The first kappa shape index (κ1) is 18.5. The van der Waals surface area contributed by atoms with Crippen LogP contribution in [0.5, 0.6) is 11.5 Å². The number of carbonyl (C=O) groups excluding carboxylic acids is 2. The van der Waals surface area contributed by atoms with E-state index >= 15 is 0 Å². The zero-order valence-electron chi connectivity index (χ0n) is 13.5. The lowest BCUT2D eigenvalue weighted by atomic mass is 10.2. The largest absolute Gasteiger partial charge is 0.497 e. The molecule has 0 bridgehead atoms.